The Kier molecular flexibility index (Phi) is 4.01. The molecule has 1 atom stereocenters. The summed E-state index contributed by atoms with van der Waals surface area (Å²) >= 11 is 0. The lowest BCUT2D eigenvalue weighted by Gasteiger charge is -2.59. The molecule has 4 aliphatic carbocycles. The van der Waals surface area contributed by atoms with Crippen molar-refractivity contribution in [2.24, 2.45) is 23.2 Å². The topological polar surface area (TPSA) is 29.1 Å². The normalized spacial score (nSPS) is 34.8. The summed E-state index contributed by atoms with van der Waals surface area (Å²) in [7, 11) is 0. The molecule has 136 valence electrons. The summed E-state index contributed by atoms with van der Waals surface area (Å²) in [6.45, 7) is 8.88. The van der Waals surface area contributed by atoms with Crippen molar-refractivity contribution < 1.29 is 4.79 Å². The average molecular weight is 340 g/mol. The Hall–Kier alpha value is -1.31. The van der Waals surface area contributed by atoms with Gasteiger partial charge in [0, 0.05) is 11.6 Å². The third kappa shape index (κ3) is 3.13. The van der Waals surface area contributed by atoms with Gasteiger partial charge in [-0.25, -0.2) is 0 Å². The first-order valence-electron chi connectivity index (χ1n) is 10.2. The molecule has 1 unspecified atom stereocenters. The zero-order chi connectivity index (χ0) is 17.8. The highest BCUT2D eigenvalue weighted by atomic mass is 16.1. The Morgan fingerprint density at radius 2 is 1.48 bits per heavy atom. The van der Waals surface area contributed by atoms with Gasteiger partial charge in [-0.3, -0.25) is 4.79 Å². The Balaban J connectivity index is 1.46. The fourth-order valence-electron chi connectivity index (χ4n) is 6.26. The van der Waals surface area contributed by atoms with Gasteiger partial charge in [-0.2, -0.15) is 0 Å². The first-order chi connectivity index (χ1) is 11.7. The van der Waals surface area contributed by atoms with Crippen LogP contribution in [-0.2, 0) is 5.41 Å². The lowest BCUT2D eigenvalue weighted by molar-refractivity contribution is -0.0688. The summed E-state index contributed by atoms with van der Waals surface area (Å²) in [6, 6.07) is 8.47. The second-order valence-electron chi connectivity index (χ2n) is 10.3. The van der Waals surface area contributed by atoms with Crippen LogP contribution in [0.1, 0.15) is 82.1 Å². The number of carbonyl (C=O) groups is 1. The van der Waals surface area contributed by atoms with Gasteiger partial charge in [0.2, 0.25) is 0 Å². The zero-order valence-corrected chi connectivity index (χ0v) is 16.3. The van der Waals surface area contributed by atoms with Crippen LogP contribution < -0.4 is 5.32 Å². The van der Waals surface area contributed by atoms with Crippen LogP contribution in [0.5, 0.6) is 0 Å². The molecule has 5 rings (SSSR count). The summed E-state index contributed by atoms with van der Waals surface area (Å²) in [4.78, 5) is 12.8. The number of benzene rings is 1. The van der Waals surface area contributed by atoms with Crippen molar-refractivity contribution in [3.63, 3.8) is 0 Å². The summed E-state index contributed by atoms with van der Waals surface area (Å²) in [6.07, 6.45) is 8.37. The minimum absolute atomic E-state index is 0.101. The maximum absolute atomic E-state index is 12.8. The van der Waals surface area contributed by atoms with Crippen LogP contribution >= 0.6 is 0 Å². The smallest absolute Gasteiger partial charge is 0.251 e. The monoisotopic (exact) mass is 339 g/mol. The Labute approximate surface area is 152 Å². The summed E-state index contributed by atoms with van der Waals surface area (Å²) in [5.41, 5.74) is 2.57. The standard InChI is InChI=1S/C23H33NO/c1-15(23-12-16-9-17(13-23)11-18(10-16)14-23)24-21(25)19-5-7-20(8-6-19)22(2,3)4/h5-8,15-18H,9-14H2,1-4H3,(H,24,25). The quantitative estimate of drug-likeness (QED) is 0.793. The van der Waals surface area contributed by atoms with Gasteiger partial charge >= 0.3 is 0 Å². The molecule has 0 spiro atoms. The molecule has 1 amide bonds. The third-order valence-corrected chi connectivity index (χ3v) is 7.36. The Morgan fingerprint density at radius 3 is 1.92 bits per heavy atom. The molecule has 4 fully saturated rings. The van der Waals surface area contributed by atoms with Gasteiger partial charge in [0.05, 0.1) is 0 Å². The molecule has 0 aromatic heterocycles. The number of nitrogens with one attached hydrogen (secondary N) is 1. The van der Waals surface area contributed by atoms with Gasteiger partial charge in [0.1, 0.15) is 0 Å². The molecular formula is C23H33NO. The van der Waals surface area contributed by atoms with E-state index in [4.69, 9.17) is 0 Å². The number of carbonyl (C=O) groups excluding carboxylic acids is 1. The van der Waals surface area contributed by atoms with E-state index in [1.807, 2.05) is 12.1 Å². The highest BCUT2D eigenvalue weighted by molar-refractivity contribution is 5.94. The predicted octanol–water partition coefficient (Wildman–Crippen LogP) is 5.32. The van der Waals surface area contributed by atoms with E-state index < -0.39 is 0 Å². The van der Waals surface area contributed by atoms with Crippen LogP contribution in [0.2, 0.25) is 0 Å². The molecule has 0 saturated heterocycles. The van der Waals surface area contributed by atoms with Crippen LogP contribution in [0.3, 0.4) is 0 Å². The molecule has 0 aliphatic heterocycles. The lowest BCUT2D eigenvalue weighted by Crippen LogP contribution is -2.55. The highest BCUT2D eigenvalue weighted by Gasteiger charge is 2.53. The molecule has 4 bridgehead atoms. The fraction of sp³-hybridized carbons (Fsp3) is 0.696. The van der Waals surface area contributed by atoms with Gasteiger partial charge in [0.15, 0.2) is 0 Å². The van der Waals surface area contributed by atoms with E-state index in [1.165, 1.54) is 44.1 Å². The van der Waals surface area contributed by atoms with Crippen LogP contribution in [-0.4, -0.2) is 11.9 Å². The van der Waals surface area contributed by atoms with E-state index in [1.54, 1.807) is 0 Å². The van der Waals surface area contributed by atoms with E-state index in [9.17, 15) is 4.79 Å². The first kappa shape index (κ1) is 17.1. The molecule has 0 radical (unpaired) electrons. The molecule has 1 aromatic rings. The van der Waals surface area contributed by atoms with Crippen LogP contribution in [0, 0.1) is 23.2 Å². The Morgan fingerprint density at radius 1 is 1.00 bits per heavy atom. The summed E-state index contributed by atoms with van der Waals surface area (Å²) in [5, 5.41) is 3.37. The van der Waals surface area contributed by atoms with Crippen LogP contribution in [0.4, 0.5) is 0 Å². The van der Waals surface area contributed by atoms with Crippen molar-refractivity contribution in [2.75, 3.05) is 0 Å². The number of rotatable bonds is 3. The third-order valence-electron chi connectivity index (χ3n) is 7.36. The molecule has 0 heterocycles. The number of amides is 1. The highest BCUT2D eigenvalue weighted by Crippen LogP contribution is 2.61. The van der Waals surface area contributed by atoms with Gasteiger partial charge in [0.25, 0.3) is 5.91 Å². The van der Waals surface area contributed by atoms with Gasteiger partial charge in [-0.1, -0.05) is 32.9 Å². The van der Waals surface area contributed by atoms with E-state index >= 15 is 0 Å². The molecule has 2 heteroatoms. The molecule has 1 aromatic carbocycles. The zero-order valence-electron chi connectivity index (χ0n) is 16.3. The largest absolute Gasteiger partial charge is 0.349 e. The number of hydrogen-bond donors (Lipinski definition) is 1. The van der Waals surface area contributed by atoms with Crippen molar-refractivity contribution in [2.45, 2.75) is 77.7 Å². The van der Waals surface area contributed by atoms with Crippen molar-refractivity contribution in [3.05, 3.63) is 35.4 Å². The predicted molar refractivity (Wildman–Crippen MR) is 103 cm³/mol. The van der Waals surface area contributed by atoms with Gasteiger partial charge < -0.3 is 5.32 Å². The van der Waals surface area contributed by atoms with E-state index in [-0.39, 0.29) is 17.4 Å². The van der Waals surface area contributed by atoms with Crippen LogP contribution in [0.15, 0.2) is 24.3 Å². The minimum atomic E-state index is 0.101. The first-order valence-corrected chi connectivity index (χ1v) is 10.2. The second-order valence-corrected chi connectivity index (χ2v) is 10.3. The Bertz CT molecular complexity index is 616. The molecule has 25 heavy (non-hydrogen) atoms. The van der Waals surface area contributed by atoms with Crippen LogP contribution in [0.25, 0.3) is 0 Å². The summed E-state index contributed by atoms with van der Waals surface area (Å²) in [5.74, 6) is 2.88. The van der Waals surface area contributed by atoms with E-state index in [0.29, 0.717) is 5.41 Å². The van der Waals surface area contributed by atoms with Gasteiger partial charge in [-0.05, 0) is 91.7 Å². The summed E-state index contributed by atoms with van der Waals surface area (Å²) < 4.78 is 0. The SMILES string of the molecule is CC(NC(=O)c1ccc(C(C)(C)C)cc1)C12CC3CC(CC(C3)C1)C2. The second kappa shape index (κ2) is 5.86. The maximum atomic E-state index is 12.8. The molecule has 1 N–H and O–H groups in total. The fourth-order valence-corrected chi connectivity index (χ4v) is 6.26. The lowest BCUT2D eigenvalue weighted by atomic mass is 9.48. The van der Waals surface area contributed by atoms with Crippen molar-refractivity contribution >= 4 is 5.91 Å². The molecular weight excluding hydrogens is 306 g/mol. The van der Waals surface area contributed by atoms with Crippen molar-refractivity contribution in [3.8, 4) is 0 Å². The average Bonchev–Trinajstić information content (AvgIpc) is 2.52. The molecule has 4 aliphatic rings. The van der Waals surface area contributed by atoms with E-state index in [2.05, 4.69) is 45.1 Å². The molecule has 4 saturated carbocycles. The maximum Gasteiger partial charge on any atom is 0.251 e. The molecule has 2 nitrogen and oxygen atoms in total. The van der Waals surface area contributed by atoms with Crippen molar-refractivity contribution in [1.29, 1.82) is 0 Å². The number of hydrogen-bond acceptors (Lipinski definition) is 1. The van der Waals surface area contributed by atoms with E-state index in [0.717, 1.165) is 23.3 Å². The minimum Gasteiger partial charge on any atom is -0.349 e. The van der Waals surface area contributed by atoms with Gasteiger partial charge in [-0.15, -0.1) is 0 Å². The van der Waals surface area contributed by atoms with Crippen molar-refractivity contribution in [1.82, 2.24) is 5.32 Å².